The van der Waals surface area contributed by atoms with Crippen LogP contribution in [0.5, 0.6) is 0 Å². The molecule has 2 aliphatic carbocycles. The normalized spacial score (nSPS) is 17.7. The quantitative estimate of drug-likeness (QED) is 0.195. The van der Waals surface area contributed by atoms with Crippen molar-refractivity contribution in [2.75, 3.05) is 4.90 Å². The molecule has 7 aromatic rings. The zero-order valence-electron chi connectivity index (χ0n) is 26.5. The molecule has 0 fully saturated rings. The molecular formula is C44H28N4O. The molecule has 230 valence electrons. The maximum absolute atomic E-state index is 10.8. The summed E-state index contributed by atoms with van der Waals surface area (Å²) >= 11 is 0. The molecule has 2 unspecified atom stereocenters. The topological polar surface area (TPSA) is 68.9 Å². The smallest absolute Gasteiger partial charge is 0.134 e. The number of furan rings is 1. The van der Waals surface area contributed by atoms with Crippen molar-refractivity contribution in [2.45, 2.75) is 18.9 Å². The van der Waals surface area contributed by atoms with Gasteiger partial charge in [-0.1, -0.05) is 85.0 Å². The van der Waals surface area contributed by atoms with Gasteiger partial charge in [-0.2, -0.15) is 10.5 Å². The second-order valence-corrected chi connectivity index (χ2v) is 13.0. The maximum atomic E-state index is 10.8. The summed E-state index contributed by atoms with van der Waals surface area (Å²) < 4.78 is 8.67. The molecule has 5 heteroatoms. The molecule has 0 spiro atoms. The minimum absolute atomic E-state index is 0.0992. The van der Waals surface area contributed by atoms with Crippen LogP contribution in [0.15, 0.2) is 143 Å². The third-order valence-electron chi connectivity index (χ3n) is 10.5. The van der Waals surface area contributed by atoms with Gasteiger partial charge >= 0.3 is 0 Å². The van der Waals surface area contributed by atoms with E-state index >= 15 is 0 Å². The van der Waals surface area contributed by atoms with Crippen molar-refractivity contribution in [1.82, 2.24) is 4.57 Å². The molecule has 3 heterocycles. The average Bonchev–Trinajstić information content (AvgIpc) is 3.82. The summed E-state index contributed by atoms with van der Waals surface area (Å²) in [5.41, 5.74) is 11.5. The van der Waals surface area contributed by atoms with Gasteiger partial charge < -0.3 is 13.9 Å². The molecule has 3 aliphatic rings. The number of hydrogen-bond acceptors (Lipinski definition) is 4. The van der Waals surface area contributed by atoms with E-state index in [1.54, 1.807) is 0 Å². The summed E-state index contributed by atoms with van der Waals surface area (Å²) in [5, 5.41) is 24.2. The molecule has 0 saturated carbocycles. The third kappa shape index (κ3) is 3.91. The van der Waals surface area contributed by atoms with Crippen LogP contribution in [0.25, 0.3) is 55.3 Å². The number of aromatic nitrogens is 1. The van der Waals surface area contributed by atoms with Gasteiger partial charge in [-0.25, -0.2) is 0 Å². The SMILES string of the molecule is N#Cc1ccc(-n2c3ccccc3c3ccccc32)c(-c2ccc(N3C4=C(CCc5oc6ccccc6c54)C4C=CC=CC43)cc2C#N)c1. The molecule has 0 saturated heterocycles. The number of anilines is 1. The fourth-order valence-electron chi connectivity index (χ4n) is 8.48. The highest BCUT2D eigenvalue weighted by molar-refractivity contribution is 6.10. The maximum Gasteiger partial charge on any atom is 0.134 e. The average molecular weight is 629 g/mol. The number of nitriles is 2. The van der Waals surface area contributed by atoms with E-state index in [1.165, 1.54) is 16.8 Å². The molecule has 10 rings (SSSR count). The minimum Gasteiger partial charge on any atom is -0.460 e. The van der Waals surface area contributed by atoms with E-state index in [0.29, 0.717) is 11.1 Å². The fraction of sp³-hybridized carbons (Fsp3) is 0.0909. The standard InChI is InChI=1S/C44H28N4O/c45-25-27-17-21-40(48-38-14-6-1-9-31(38)32-10-2-7-15-39(32)48)36(23-27)30-19-18-29(24-28(30)26-46)47-37-13-5-3-11-33(37)34-20-22-42-43(44(34)47)35-12-4-8-16-41(35)49-42/h1-19,21,23-24,33,37H,20,22H2. The lowest BCUT2D eigenvalue weighted by Gasteiger charge is -2.31. The Morgan fingerprint density at radius 2 is 1.41 bits per heavy atom. The van der Waals surface area contributed by atoms with Crippen LogP contribution in [0, 0.1) is 28.6 Å². The lowest BCUT2D eigenvalue weighted by molar-refractivity contribution is 0.537. The molecule has 5 nitrogen and oxygen atoms in total. The first-order valence-corrected chi connectivity index (χ1v) is 16.7. The van der Waals surface area contributed by atoms with Crippen LogP contribution in [-0.4, -0.2) is 10.6 Å². The van der Waals surface area contributed by atoms with Gasteiger partial charge in [0, 0.05) is 50.9 Å². The largest absolute Gasteiger partial charge is 0.460 e. The van der Waals surface area contributed by atoms with Gasteiger partial charge in [0.15, 0.2) is 0 Å². The van der Waals surface area contributed by atoms with Crippen molar-refractivity contribution in [3.63, 3.8) is 0 Å². The van der Waals surface area contributed by atoms with Crippen molar-refractivity contribution in [2.24, 2.45) is 5.92 Å². The molecule has 2 aromatic heterocycles. The highest BCUT2D eigenvalue weighted by atomic mass is 16.3. The van der Waals surface area contributed by atoms with Crippen molar-refractivity contribution in [1.29, 1.82) is 10.5 Å². The molecule has 0 bridgehead atoms. The van der Waals surface area contributed by atoms with Gasteiger partial charge in [0.2, 0.25) is 0 Å². The zero-order valence-corrected chi connectivity index (χ0v) is 26.5. The van der Waals surface area contributed by atoms with Gasteiger partial charge in [-0.15, -0.1) is 0 Å². The Morgan fingerprint density at radius 3 is 2.18 bits per heavy atom. The summed E-state index contributed by atoms with van der Waals surface area (Å²) in [6.07, 6.45) is 10.7. The molecular weight excluding hydrogens is 601 g/mol. The summed E-state index contributed by atoms with van der Waals surface area (Å²) in [6, 6.07) is 42.1. The lowest BCUT2D eigenvalue weighted by Crippen LogP contribution is -2.32. The molecule has 0 radical (unpaired) electrons. The van der Waals surface area contributed by atoms with Crippen molar-refractivity contribution < 1.29 is 4.42 Å². The van der Waals surface area contributed by atoms with Crippen molar-refractivity contribution >= 4 is 44.2 Å². The van der Waals surface area contributed by atoms with Gasteiger partial charge in [-0.05, 0) is 60.5 Å². The Balaban J connectivity index is 1.18. The summed E-state index contributed by atoms with van der Waals surface area (Å²) in [6.45, 7) is 0. The number of allylic oxidation sites excluding steroid dienone is 2. The number of hydrogen-bond donors (Lipinski definition) is 0. The fourth-order valence-corrected chi connectivity index (χ4v) is 8.48. The second-order valence-electron chi connectivity index (χ2n) is 13.0. The summed E-state index contributed by atoms with van der Waals surface area (Å²) in [5.74, 6) is 1.28. The highest BCUT2D eigenvalue weighted by Crippen LogP contribution is 2.52. The number of benzene rings is 5. The number of fused-ring (bicyclic) bond motifs is 9. The predicted octanol–water partition coefficient (Wildman–Crippen LogP) is 10.2. The summed E-state index contributed by atoms with van der Waals surface area (Å²) in [7, 11) is 0. The van der Waals surface area contributed by atoms with Crippen molar-refractivity contribution in [3.8, 4) is 29.0 Å². The first-order chi connectivity index (χ1) is 24.2. The minimum atomic E-state index is 0.0992. The van der Waals surface area contributed by atoms with E-state index in [1.807, 2.05) is 36.4 Å². The second kappa shape index (κ2) is 10.5. The van der Waals surface area contributed by atoms with Crippen LogP contribution in [-0.2, 0) is 6.42 Å². The first kappa shape index (κ1) is 27.5. The lowest BCUT2D eigenvalue weighted by atomic mass is 9.84. The van der Waals surface area contributed by atoms with E-state index in [2.05, 4.69) is 119 Å². The van der Waals surface area contributed by atoms with E-state index in [-0.39, 0.29) is 12.0 Å². The summed E-state index contributed by atoms with van der Waals surface area (Å²) in [4.78, 5) is 2.42. The monoisotopic (exact) mass is 628 g/mol. The van der Waals surface area contributed by atoms with Crippen LogP contribution in [0.4, 0.5) is 5.69 Å². The van der Waals surface area contributed by atoms with E-state index in [4.69, 9.17) is 4.42 Å². The van der Waals surface area contributed by atoms with E-state index in [0.717, 1.165) is 73.9 Å². The Labute approximate surface area is 283 Å². The number of aryl methyl sites for hydroxylation is 1. The molecule has 0 amide bonds. The number of para-hydroxylation sites is 3. The zero-order chi connectivity index (χ0) is 32.6. The van der Waals surface area contributed by atoms with Crippen LogP contribution in [0.3, 0.4) is 0 Å². The Hall–Kier alpha value is -6.56. The first-order valence-electron chi connectivity index (χ1n) is 16.7. The molecule has 49 heavy (non-hydrogen) atoms. The van der Waals surface area contributed by atoms with Crippen LogP contribution in [0.2, 0.25) is 0 Å². The number of nitrogens with zero attached hydrogens (tertiary/aromatic N) is 4. The van der Waals surface area contributed by atoms with Crippen LogP contribution >= 0.6 is 0 Å². The molecule has 2 atom stereocenters. The van der Waals surface area contributed by atoms with Gasteiger partial charge in [0.05, 0.1) is 51.7 Å². The molecule has 5 aromatic carbocycles. The van der Waals surface area contributed by atoms with Crippen LogP contribution < -0.4 is 4.90 Å². The molecule has 1 aliphatic heterocycles. The van der Waals surface area contributed by atoms with Gasteiger partial charge in [-0.3, -0.25) is 0 Å². The Morgan fingerprint density at radius 1 is 0.673 bits per heavy atom. The third-order valence-corrected chi connectivity index (χ3v) is 10.5. The number of rotatable bonds is 3. The van der Waals surface area contributed by atoms with Crippen molar-refractivity contribution in [3.05, 3.63) is 162 Å². The van der Waals surface area contributed by atoms with E-state index < -0.39 is 0 Å². The van der Waals surface area contributed by atoms with E-state index in [9.17, 15) is 10.5 Å². The van der Waals surface area contributed by atoms with Crippen LogP contribution in [0.1, 0.15) is 28.9 Å². The Bertz CT molecular complexity index is 2670. The van der Waals surface area contributed by atoms with Gasteiger partial charge in [0.25, 0.3) is 0 Å². The van der Waals surface area contributed by atoms with Gasteiger partial charge in [0.1, 0.15) is 11.3 Å². The predicted molar refractivity (Wildman–Crippen MR) is 195 cm³/mol. The Kier molecular flexibility index (Phi) is 5.89. The molecule has 0 N–H and O–H groups in total. The highest BCUT2D eigenvalue weighted by Gasteiger charge is 2.43.